The number of fused-ring (bicyclic) bond motifs is 7. The Morgan fingerprint density at radius 3 is 1.46 bits per heavy atom. The molecule has 13 rings (SSSR count). The second-order valence-corrected chi connectivity index (χ2v) is 17.6. The molecule has 0 unspecified atom stereocenters. The van der Waals surface area contributed by atoms with Crippen LogP contribution in [0.3, 0.4) is 0 Å². The van der Waals surface area contributed by atoms with Crippen LogP contribution in [0.1, 0.15) is 0 Å². The maximum Gasteiger partial charge on any atom is 0.0541 e. The van der Waals surface area contributed by atoms with Crippen LogP contribution in [0.5, 0.6) is 0 Å². The molecule has 0 N–H and O–H groups in total. The van der Waals surface area contributed by atoms with E-state index < -0.39 is 0 Å². The van der Waals surface area contributed by atoms with Gasteiger partial charge in [-0.05, 0) is 132 Å². The lowest BCUT2D eigenvalue weighted by molar-refractivity contribution is 1.18. The largest absolute Gasteiger partial charge is 0.310 e. The van der Waals surface area contributed by atoms with Gasteiger partial charge in [-0.15, -0.1) is 0 Å². The SMILES string of the molecule is c1ccc(-c2ccc(N(c3ccc(-c4cc5ccccc5c5ccccc45)cc3)c3ccc(-c4ccccc4-n4c5ccccc5c5ccccc54)c(-c4cccc5ccccc45)c3)cc2)cc1. The first-order chi connectivity index (χ1) is 33.7. The molecule has 0 saturated carbocycles. The molecule has 0 fully saturated rings. The van der Waals surface area contributed by atoms with Gasteiger partial charge in [-0.1, -0.05) is 206 Å². The molecule has 12 aromatic carbocycles. The molecule has 0 bridgehead atoms. The minimum Gasteiger partial charge on any atom is -0.310 e. The van der Waals surface area contributed by atoms with Crippen molar-refractivity contribution >= 4 is 71.2 Å². The van der Waals surface area contributed by atoms with Crippen LogP contribution in [0.15, 0.2) is 267 Å². The van der Waals surface area contributed by atoms with E-state index in [-0.39, 0.29) is 0 Å². The Morgan fingerprint density at radius 2 is 0.735 bits per heavy atom. The Balaban J connectivity index is 1.02. The van der Waals surface area contributed by atoms with E-state index in [0.29, 0.717) is 0 Å². The number of rotatable bonds is 8. The highest BCUT2D eigenvalue weighted by Crippen LogP contribution is 2.46. The van der Waals surface area contributed by atoms with E-state index in [1.165, 1.54) is 93.1 Å². The summed E-state index contributed by atoms with van der Waals surface area (Å²) in [5.41, 5.74) is 16.2. The molecule has 2 nitrogen and oxygen atoms in total. The fourth-order valence-corrected chi connectivity index (χ4v) is 10.6. The monoisotopic (exact) mass is 864 g/mol. The van der Waals surface area contributed by atoms with Crippen LogP contribution in [0.2, 0.25) is 0 Å². The van der Waals surface area contributed by atoms with E-state index in [1.54, 1.807) is 0 Å². The summed E-state index contributed by atoms with van der Waals surface area (Å²) in [4.78, 5) is 2.41. The Morgan fingerprint density at radius 1 is 0.235 bits per heavy atom. The molecule has 1 aromatic heterocycles. The quantitative estimate of drug-likeness (QED) is 0.138. The van der Waals surface area contributed by atoms with E-state index in [2.05, 4.69) is 276 Å². The first kappa shape index (κ1) is 39.4. The number of anilines is 3. The molecule has 13 aromatic rings. The van der Waals surface area contributed by atoms with Gasteiger partial charge in [-0.2, -0.15) is 0 Å². The Hall–Kier alpha value is -8.98. The van der Waals surface area contributed by atoms with Crippen LogP contribution < -0.4 is 4.90 Å². The number of benzene rings is 12. The summed E-state index contributed by atoms with van der Waals surface area (Å²) < 4.78 is 2.45. The van der Waals surface area contributed by atoms with Gasteiger partial charge in [0.2, 0.25) is 0 Å². The summed E-state index contributed by atoms with van der Waals surface area (Å²) in [5, 5.41) is 9.96. The number of hydrogen-bond acceptors (Lipinski definition) is 1. The molecule has 0 atom stereocenters. The highest BCUT2D eigenvalue weighted by atomic mass is 15.1. The van der Waals surface area contributed by atoms with Gasteiger partial charge in [0.15, 0.2) is 0 Å². The van der Waals surface area contributed by atoms with E-state index >= 15 is 0 Å². The van der Waals surface area contributed by atoms with Crippen molar-refractivity contribution in [3.8, 4) is 50.2 Å². The average Bonchev–Trinajstić information content (AvgIpc) is 3.75. The van der Waals surface area contributed by atoms with E-state index in [9.17, 15) is 0 Å². The first-order valence-corrected chi connectivity index (χ1v) is 23.4. The number of para-hydroxylation sites is 3. The molecule has 1 heterocycles. The zero-order valence-corrected chi connectivity index (χ0v) is 37.3. The maximum absolute atomic E-state index is 2.45. The molecule has 0 saturated heterocycles. The van der Waals surface area contributed by atoms with E-state index in [4.69, 9.17) is 0 Å². The summed E-state index contributed by atoms with van der Waals surface area (Å²) >= 11 is 0. The third kappa shape index (κ3) is 6.65. The van der Waals surface area contributed by atoms with Crippen LogP contribution in [0.4, 0.5) is 17.1 Å². The van der Waals surface area contributed by atoms with Crippen LogP contribution in [0.25, 0.3) is 104 Å². The van der Waals surface area contributed by atoms with Crippen molar-refractivity contribution in [2.24, 2.45) is 0 Å². The number of hydrogen-bond donors (Lipinski definition) is 0. The Labute approximate surface area is 395 Å². The molecule has 68 heavy (non-hydrogen) atoms. The van der Waals surface area contributed by atoms with Crippen LogP contribution in [-0.2, 0) is 0 Å². The maximum atomic E-state index is 2.45. The van der Waals surface area contributed by atoms with Gasteiger partial charge in [0.1, 0.15) is 0 Å². The van der Waals surface area contributed by atoms with Crippen LogP contribution in [0, 0.1) is 0 Å². The molecule has 0 aliphatic heterocycles. The predicted molar refractivity (Wildman–Crippen MR) is 290 cm³/mol. The molecular formula is C66H44N2. The van der Waals surface area contributed by atoms with Gasteiger partial charge in [0, 0.05) is 33.4 Å². The molecule has 0 aliphatic carbocycles. The van der Waals surface area contributed by atoms with E-state index in [1.807, 2.05) is 0 Å². The molecule has 2 heteroatoms. The normalized spacial score (nSPS) is 11.5. The Kier molecular flexibility index (Phi) is 9.54. The second-order valence-electron chi connectivity index (χ2n) is 17.6. The zero-order valence-electron chi connectivity index (χ0n) is 37.3. The highest BCUT2D eigenvalue weighted by molar-refractivity contribution is 6.14. The summed E-state index contributed by atoms with van der Waals surface area (Å²) in [7, 11) is 0. The van der Waals surface area contributed by atoms with Crippen molar-refractivity contribution in [2.45, 2.75) is 0 Å². The summed E-state index contributed by atoms with van der Waals surface area (Å²) in [6.07, 6.45) is 0. The van der Waals surface area contributed by atoms with Crippen molar-refractivity contribution < 1.29 is 0 Å². The van der Waals surface area contributed by atoms with Crippen molar-refractivity contribution in [3.05, 3.63) is 267 Å². The van der Waals surface area contributed by atoms with Crippen molar-refractivity contribution in [1.82, 2.24) is 4.57 Å². The van der Waals surface area contributed by atoms with Crippen molar-refractivity contribution in [3.63, 3.8) is 0 Å². The van der Waals surface area contributed by atoms with Gasteiger partial charge in [-0.3, -0.25) is 0 Å². The van der Waals surface area contributed by atoms with Gasteiger partial charge in [0.05, 0.1) is 16.7 Å². The van der Waals surface area contributed by atoms with Crippen LogP contribution in [-0.4, -0.2) is 4.57 Å². The predicted octanol–water partition coefficient (Wildman–Crippen LogP) is 18.4. The van der Waals surface area contributed by atoms with Crippen LogP contribution >= 0.6 is 0 Å². The average molecular weight is 865 g/mol. The van der Waals surface area contributed by atoms with Gasteiger partial charge < -0.3 is 9.47 Å². The number of nitrogens with zero attached hydrogens (tertiary/aromatic N) is 2. The third-order valence-electron chi connectivity index (χ3n) is 13.8. The lowest BCUT2D eigenvalue weighted by Crippen LogP contribution is -2.10. The first-order valence-electron chi connectivity index (χ1n) is 23.4. The molecule has 0 radical (unpaired) electrons. The second kappa shape index (κ2) is 16.5. The summed E-state index contributed by atoms with van der Waals surface area (Å²) in [5.74, 6) is 0. The minimum atomic E-state index is 1.07. The number of aromatic nitrogens is 1. The standard InChI is InChI=1S/C66H44N2/c1-2-17-45(18-3-1)46-33-37-50(38-34-46)67(51-39-35-48(36-40-51)62-43-49-20-5-7-23-54(49)55-24-8-9-25-57(55)62)52-41-42-58(63(44-52)56-29-16-21-47-19-4-6-22-53(47)56)59-26-10-13-30-64(59)68-65-31-14-11-27-60(65)61-28-12-15-32-66(61)68/h1-44H. The molecule has 318 valence electrons. The lowest BCUT2D eigenvalue weighted by Gasteiger charge is -2.28. The van der Waals surface area contributed by atoms with E-state index in [0.717, 1.165) is 28.3 Å². The van der Waals surface area contributed by atoms with Gasteiger partial charge >= 0.3 is 0 Å². The van der Waals surface area contributed by atoms with Gasteiger partial charge in [0.25, 0.3) is 0 Å². The van der Waals surface area contributed by atoms with Crippen molar-refractivity contribution in [1.29, 1.82) is 0 Å². The highest BCUT2D eigenvalue weighted by Gasteiger charge is 2.22. The van der Waals surface area contributed by atoms with Crippen molar-refractivity contribution in [2.75, 3.05) is 4.90 Å². The fourth-order valence-electron chi connectivity index (χ4n) is 10.6. The fraction of sp³-hybridized carbons (Fsp3) is 0. The molecular weight excluding hydrogens is 821 g/mol. The minimum absolute atomic E-state index is 1.07. The molecule has 0 spiro atoms. The molecule has 0 amide bonds. The smallest absolute Gasteiger partial charge is 0.0541 e. The summed E-state index contributed by atoms with van der Waals surface area (Å²) in [6.45, 7) is 0. The third-order valence-corrected chi connectivity index (χ3v) is 13.8. The summed E-state index contributed by atoms with van der Waals surface area (Å²) in [6, 6.07) is 97.6. The Bertz CT molecular complexity index is 3950. The lowest BCUT2D eigenvalue weighted by atomic mass is 9.90. The zero-order chi connectivity index (χ0) is 45.0. The molecule has 0 aliphatic rings. The topological polar surface area (TPSA) is 8.17 Å². The van der Waals surface area contributed by atoms with Gasteiger partial charge in [-0.25, -0.2) is 0 Å².